The molecule has 0 atom stereocenters. The number of carbonyl (C=O) groups excluding carboxylic acids is 1. The molecule has 2 aromatic rings. The van der Waals surface area contributed by atoms with E-state index in [0.29, 0.717) is 11.1 Å². The molecule has 0 saturated heterocycles. The van der Waals surface area contributed by atoms with Crippen LogP contribution in [0.3, 0.4) is 0 Å². The summed E-state index contributed by atoms with van der Waals surface area (Å²) in [5.41, 5.74) is 0.0526. The second kappa shape index (κ2) is 7.12. The zero-order valence-corrected chi connectivity index (χ0v) is 12.3. The van der Waals surface area contributed by atoms with Crippen molar-refractivity contribution in [1.29, 1.82) is 0 Å². The van der Waals surface area contributed by atoms with Crippen LogP contribution in [0.4, 0.5) is 18.9 Å². The highest BCUT2D eigenvalue weighted by molar-refractivity contribution is 5.78. The van der Waals surface area contributed by atoms with E-state index in [2.05, 4.69) is 5.32 Å². The first kappa shape index (κ1) is 17.5. The second-order valence-corrected chi connectivity index (χ2v) is 5.08. The summed E-state index contributed by atoms with van der Waals surface area (Å²) in [5, 5.41) is 13.1. The van der Waals surface area contributed by atoms with Gasteiger partial charge < -0.3 is 5.32 Å². The summed E-state index contributed by atoms with van der Waals surface area (Å²) in [5.74, 6) is -0.388. The van der Waals surface area contributed by atoms with Gasteiger partial charge in [-0.3, -0.25) is 14.9 Å². The Hall–Kier alpha value is -2.90. The van der Waals surface area contributed by atoms with Crippen LogP contribution in [0, 0.1) is 10.1 Å². The number of hydrogen-bond acceptors (Lipinski definition) is 3. The summed E-state index contributed by atoms with van der Waals surface area (Å²) in [6, 6.07) is 10.2. The number of amides is 1. The summed E-state index contributed by atoms with van der Waals surface area (Å²) in [6.07, 6.45) is -4.45. The van der Waals surface area contributed by atoms with Gasteiger partial charge in [0.15, 0.2) is 0 Å². The molecule has 0 unspecified atom stereocenters. The molecule has 0 spiro atoms. The van der Waals surface area contributed by atoms with Crippen molar-refractivity contribution in [2.24, 2.45) is 0 Å². The number of benzene rings is 2. The predicted molar refractivity (Wildman–Crippen MR) is 80.1 cm³/mol. The molecule has 1 amide bonds. The van der Waals surface area contributed by atoms with Crippen molar-refractivity contribution in [2.75, 3.05) is 0 Å². The number of alkyl halides is 3. The minimum absolute atomic E-state index is 0.0169. The molecule has 8 heteroatoms. The average Bonchev–Trinajstić information content (AvgIpc) is 2.53. The van der Waals surface area contributed by atoms with E-state index in [4.69, 9.17) is 0 Å². The van der Waals surface area contributed by atoms with E-state index >= 15 is 0 Å². The first-order chi connectivity index (χ1) is 11.3. The molecule has 0 aromatic heterocycles. The van der Waals surface area contributed by atoms with Gasteiger partial charge in [0, 0.05) is 18.7 Å². The molecule has 24 heavy (non-hydrogen) atoms. The van der Waals surface area contributed by atoms with Crippen LogP contribution in [0.1, 0.15) is 16.7 Å². The van der Waals surface area contributed by atoms with Crippen LogP contribution >= 0.6 is 0 Å². The Morgan fingerprint density at radius 3 is 2.33 bits per heavy atom. The third-order valence-corrected chi connectivity index (χ3v) is 3.26. The van der Waals surface area contributed by atoms with Crippen LogP contribution in [0.15, 0.2) is 48.5 Å². The molecule has 0 saturated carbocycles. The van der Waals surface area contributed by atoms with Crippen LogP contribution in [0.25, 0.3) is 0 Å². The Morgan fingerprint density at radius 2 is 1.75 bits per heavy atom. The lowest BCUT2D eigenvalue weighted by molar-refractivity contribution is -0.384. The quantitative estimate of drug-likeness (QED) is 0.670. The first-order valence-electron chi connectivity index (χ1n) is 6.92. The van der Waals surface area contributed by atoms with Crippen molar-refractivity contribution in [3.05, 3.63) is 75.3 Å². The molecule has 0 aliphatic carbocycles. The van der Waals surface area contributed by atoms with E-state index in [-0.39, 0.29) is 24.6 Å². The maximum atomic E-state index is 12.6. The van der Waals surface area contributed by atoms with Gasteiger partial charge in [-0.05, 0) is 23.3 Å². The van der Waals surface area contributed by atoms with Crippen LogP contribution in [-0.2, 0) is 23.9 Å². The van der Waals surface area contributed by atoms with E-state index < -0.39 is 16.7 Å². The largest absolute Gasteiger partial charge is 0.416 e. The highest BCUT2D eigenvalue weighted by Gasteiger charge is 2.30. The molecule has 0 aliphatic rings. The third-order valence-electron chi connectivity index (χ3n) is 3.26. The van der Waals surface area contributed by atoms with Crippen molar-refractivity contribution in [3.63, 3.8) is 0 Å². The number of carbonyl (C=O) groups is 1. The summed E-state index contributed by atoms with van der Waals surface area (Å²) in [6.45, 7) is -0.0320. The summed E-state index contributed by atoms with van der Waals surface area (Å²) in [7, 11) is 0. The fourth-order valence-electron chi connectivity index (χ4n) is 2.04. The van der Waals surface area contributed by atoms with Gasteiger partial charge in [0.25, 0.3) is 5.69 Å². The van der Waals surface area contributed by atoms with Crippen molar-refractivity contribution in [3.8, 4) is 0 Å². The minimum atomic E-state index is -4.43. The summed E-state index contributed by atoms with van der Waals surface area (Å²) in [4.78, 5) is 21.8. The molecule has 126 valence electrons. The summed E-state index contributed by atoms with van der Waals surface area (Å²) >= 11 is 0. The molecule has 0 radical (unpaired) electrons. The average molecular weight is 338 g/mol. The van der Waals surface area contributed by atoms with Gasteiger partial charge in [-0.2, -0.15) is 13.2 Å². The Labute approximate surface area is 135 Å². The first-order valence-corrected chi connectivity index (χ1v) is 6.92. The van der Waals surface area contributed by atoms with Crippen molar-refractivity contribution in [1.82, 2.24) is 5.32 Å². The number of nitrogens with one attached hydrogen (secondary N) is 1. The minimum Gasteiger partial charge on any atom is -0.352 e. The van der Waals surface area contributed by atoms with Gasteiger partial charge in [0.2, 0.25) is 5.91 Å². The number of nitro benzene ring substituents is 1. The maximum absolute atomic E-state index is 12.6. The van der Waals surface area contributed by atoms with E-state index in [1.165, 1.54) is 36.4 Å². The van der Waals surface area contributed by atoms with Crippen LogP contribution in [0.5, 0.6) is 0 Å². The lowest BCUT2D eigenvalue weighted by atomic mass is 10.1. The smallest absolute Gasteiger partial charge is 0.352 e. The third kappa shape index (κ3) is 4.80. The highest BCUT2D eigenvalue weighted by atomic mass is 19.4. The standard InChI is InChI=1S/C16H13F3N2O3/c17-16(18,19)13-3-1-2-12(8-13)10-20-15(22)9-11-4-6-14(7-5-11)21(23)24/h1-8H,9-10H2,(H,20,22). The maximum Gasteiger partial charge on any atom is 0.416 e. The fraction of sp³-hybridized carbons (Fsp3) is 0.188. The number of non-ortho nitro benzene ring substituents is 1. The van der Waals surface area contributed by atoms with Crippen LogP contribution in [0.2, 0.25) is 0 Å². The zero-order chi connectivity index (χ0) is 17.7. The molecule has 5 nitrogen and oxygen atoms in total. The van der Waals surface area contributed by atoms with E-state index in [1.807, 2.05) is 0 Å². The number of nitrogens with zero attached hydrogens (tertiary/aromatic N) is 1. The molecule has 0 aliphatic heterocycles. The molecular formula is C16H13F3N2O3. The zero-order valence-electron chi connectivity index (χ0n) is 12.3. The van der Waals surface area contributed by atoms with Gasteiger partial charge in [0.1, 0.15) is 0 Å². The van der Waals surface area contributed by atoms with Gasteiger partial charge in [-0.25, -0.2) is 0 Å². The number of halogens is 3. The monoisotopic (exact) mass is 338 g/mol. The van der Waals surface area contributed by atoms with Gasteiger partial charge >= 0.3 is 6.18 Å². The lowest BCUT2D eigenvalue weighted by Gasteiger charge is -2.09. The number of hydrogen-bond donors (Lipinski definition) is 1. The van der Waals surface area contributed by atoms with E-state index in [1.54, 1.807) is 0 Å². The Morgan fingerprint density at radius 1 is 1.08 bits per heavy atom. The van der Waals surface area contributed by atoms with Crippen LogP contribution in [-0.4, -0.2) is 10.8 Å². The van der Waals surface area contributed by atoms with Crippen molar-refractivity contribution >= 4 is 11.6 Å². The number of nitro groups is 1. The highest BCUT2D eigenvalue weighted by Crippen LogP contribution is 2.29. The van der Waals surface area contributed by atoms with Gasteiger partial charge in [-0.15, -0.1) is 0 Å². The lowest BCUT2D eigenvalue weighted by Crippen LogP contribution is -2.24. The molecule has 2 rings (SSSR count). The molecule has 1 N–H and O–H groups in total. The normalized spacial score (nSPS) is 11.1. The Balaban J connectivity index is 1.92. The predicted octanol–water partition coefficient (Wildman–Crippen LogP) is 3.47. The molecule has 0 heterocycles. The SMILES string of the molecule is O=C(Cc1ccc([N+](=O)[O-])cc1)NCc1cccc(C(F)(F)F)c1. The van der Waals surface area contributed by atoms with E-state index in [9.17, 15) is 28.1 Å². The van der Waals surface area contributed by atoms with Crippen molar-refractivity contribution < 1.29 is 22.9 Å². The molecular weight excluding hydrogens is 325 g/mol. The van der Waals surface area contributed by atoms with E-state index in [0.717, 1.165) is 12.1 Å². The Bertz CT molecular complexity index is 743. The second-order valence-electron chi connectivity index (χ2n) is 5.08. The van der Waals surface area contributed by atoms with Crippen molar-refractivity contribution in [2.45, 2.75) is 19.1 Å². The van der Waals surface area contributed by atoms with Gasteiger partial charge in [-0.1, -0.05) is 24.3 Å². The number of rotatable bonds is 5. The fourth-order valence-corrected chi connectivity index (χ4v) is 2.04. The van der Waals surface area contributed by atoms with Gasteiger partial charge in [0.05, 0.1) is 16.9 Å². The molecule has 0 bridgehead atoms. The summed E-state index contributed by atoms with van der Waals surface area (Å²) < 4.78 is 37.8. The topological polar surface area (TPSA) is 72.2 Å². The molecule has 0 fully saturated rings. The Kier molecular flexibility index (Phi) is 5.18. The molecule has 2 aromatic carbocycles. The van der Waals surface area contributed by atoms with Crippen LogP contribution < -0.4 is 5.32 Å².